The van der Waals surface area contributed by atoms with Gasteiger partial charge in [-0.3, -0.25) is 4.79 Å². The van der Waals surface area contributed by atoms with Gasteiger partial charge in [-0.25, -0.2) is 9.78 Å². The standard InChI is InChI=1S/C16H25N3O3S/c1-9(2)15-17-12(8-23-15)7-19(13-5-6-13)16(22)18-14(10(3)20)11(4)21/h8-10,13-14,20H,5-7H2,1-4H3,(H,18,22). The van der Waals surface area contributed by atoms with Gasteiger partial charge in [0.25, 0.3) is 0 Å². The molecule has 1 aromatic rings. The second kappa shape index (κ2) is 7.40. The van der Waals surface area contributed by atoms with Gasteiger partial charge < -0.3 is 15.3 Å². The minimum absolute atomic E-state index is 0.195. The number of nitrogens with one attached hydrogen (secondary N) is 1. The third-order valence-electron chi connectivity index (χ3n) is 3.84. The van der Waals surface area contributed by atoms with Crippen LogP contribution < -0.4 is 5.32 Å². The van der Waals surface area contributed by atoms with Crippen LogP contribution in [0.5, 0.6) is 0 Å². The quantitative estimate of drug-likeness (QED) is 0.798. The molecule has 0 aliphatic heterocycles. The van der Waals surface area contributed by atoms with E-state index in [0.29, 0.717) is 12.5 Å². The van der Waals surface area contributed by atoms with Crippen LogP contribution in [0.2, 0.25) is 0 Å². The van der Waals surface area contributed by atoms with Crippen molar-refractivity contribution in [2.75, 3.05) is 0 Å². The molecule has 2 unspecified atom stereocenters. The maximum atomic E-state index is 12.5. The predicted molar refractivity (Wildman–Crippen MR) is 89.4 cm³/mol. The fraction of sp³-hybridized carbons (Fsp3) is 0.688. The lowest BCUT2D eigenvalue weighted by Crippen LogP contribution is -2.52. The molecule has 2 N–H and O–H groups in total. The number of thiazole rings is 1. The molecule has 1 heterocycles. The lowest BCUT2D eigenvalue weighted by molar-refractivity contribution is -0.121. The minimum Gasteiger partial charge on any atom is -0.391 e. The lowest BCUT2D eigenvalue weighted by Gasteiger charge is -2.26. The zero-order valence-corrected chi connectivity index (χ0v) is 14.9. The Hall–Kier alpha value is -1.47. The van der Waals surface area contributed by atoms with Gasteiger partial charge in [-0.15, -0.1) is 11.3 Å². The molecule has 2 rings (SSSR count). The van der Waals surface area contributed by atoms with Crippen molar-refractivity contribution < 1.29 is 14.7 Å². The van der Waals surface area contributed by atoms with Crippen LogP contribution >= 0.6 is 11.3 Å². The van der Waals surface area contributed by atoms with Crippen molar-refractivity contribution in [1.29, 1.82) is 0 Å². The van der Waals surface area contributed by atoms with Crippen LogP contribution in [0.15, 0.2) is 5.38 Å². The summed E-state index contributed by atoms with van der Waals surface area (Å²) in [5.41, 5.74) is 0.872. The lowest BCUT2D eigenvalue weighted by atomic mass is 10.1. The number of hydrogen-bond acceptors (Lipinski definition) is 5. The Morgan fingerprint density at radius 1 is 1.43 bits per heavy atom. The van der Waals surface area contributed by atoms with Gasteiger partial charge in [-0.2, -0.15) is 0 Å². The third kappa shape index (κ3) is 4.75. The Labute approximate surface area is 140 Å². The number of aromatic nitrogens is 1. The minimum atomic E-state index is -0.913. The first-order valence-corrected chi connectivity index (χ1v) is 8.87. The molecule has 2 amide bonds. The highest BCUT2D eigenvalue weighted by atomic mass is 32.1. The molecule has 2 atom stereocenters. The molecule has 0 aromatic carbocycles. The van der Waals surface area contributed by atoms with Crippen molar-refractivity contribution in [2.24, 2.45) is 0 Å². The Bertz CT molecular complexity index is 567. The van der Waals surface area contributed by atoms with Crippen LogP contribution in [0.3, 0.4) is 0 Å². The number of nitrogens with zero attached hydrogens (tertiary/aromatic N) is 2. The molecule has 0 saturated heterocycles. The molecule has 1 aliphatic carbocycles. The van der Waals surface area contributed by atoms with Crippen molar-refractivity contribution in [3.63, 3.8) is 0 Å². The number of amides is 2. The Kier molecular flexibility index (Phi) is 5.75. The summed E-state index contributed by atoms with van der Waals surface area (Å²) in [6, 6.07) is -0.987. The molecule has 7 heteroatoms. The average Bonchev–Trinajstić information content (AvgIpc) is 3.19. The number of hydrogen-bond donors (Lipinski definition) is 2. The van der Waals surface area contributed by atoms with Crippen LogP contribution in [0.25, 0.3) is 0 Å². The summed E-state index contributed by atoms with van der Waals surface area (Å²) in [5.74, 6) is 0.120. The first kappa shape index (κ1) is 17.9. The normalized spacial score (nSPS) is 17.0. The van der Waals surface area contributed by atoms with Crippen LogP contribution in [-0.2, 0) is 11.3 Å². The van der Waals surface area contributed by atoms with Gasteiger partial charge in [-0.1, -0.05) is 13.8 Å². The van der Waals surface area contributed by atoms with Gasteiger partial charge in [-0.05, 0) is 26.7 Å². The van der Waals surface area contributed by atoms with E-state index < -0.39 is 12.1 Å². The molecule has 0 bridgehead atoms. The third-order valence-corrected chi connectivity index (χ3v) is 5.04. The number of urea groups is 1. The van der Waals surface area contributed by atoms with Crippen molar-refractivity contribution >= 4 is 23.2 Å². The Morgan fingerprint density at radius 2 is 2.09 bits per heavy atom. The SMILES string of the molecule is CC(=O)C(NC(=O)N(Cc1csc(C(C)C)n1)C1CC1)C(C)O. The van der Waals surface area contributed by atoms with E-state index in [1.54, 1.807) is 16.2 Å². The van der Waals surface area contributed by atoms with Crippen LogP contribution in [0.1, 0.15) is 57.2 Å². The van der Waals surface area contributed by atoms with E-state index in [4.69, 9.17) is 0 Å². The number of Topliss-reactive ketones (excluding diaryl/α,β-unsaturated/α-hetero) is 1. The number of rotatable bonds is 7. The van der Waals surface area contributed by atoms with Gasteiger partial charge in [0.1, 0.15) is 6.04 Å². The number of aliphatic hydroxyl groups is 1. The van der Waals surface area contributed by atoms with Crippen LogP contribution in [-0.4, -0.2) is 45.0 Å². The van der Waals surface area contributed by atoms with Crippen molar-refractivity contribution in [3.05, 3.63) is 16.1 Å². The van der Waals surface area contributed by atoms with Gasteiger partial charge >= 0.3 is 6.03 Å². The Morgan fingerprint density at radius 3 is 2.52 bits per heavy atom. The average molecular weight is 339 g/mol. The zero-order chi connectivity index (χ0) is 17.1. The number of aliphatic hydroxyl groups excluding tert-OH is 1. The fourth-order valence-electron chi connectivity index (χ4n) is 2.37. The fourth-order valence-corrected chi connectivity index (χ4v) is 3.19. The first-order chi connectivity index (χ1) is 10.8. The topological polar surface area (TPSA) is 82.5 Å². The molecule has 0 radical (unpaired) electrons. The van der Waals surface area contributed by atoms with Gasteiger partial charge in [0, 0.05) is 17.3 Å². The molecule has 1 aromatic heterocycles. The molecule has 128 valence electrons. The monoisotopic (exact) mass is 339 g/mol. The van der Waals surface area contributed by atoms with E-state index in [2.05, 4.69) is 24.1 Å². The van der Waals surface area contributed by atoms with Crippen molar-refractivity contribution in [2.45, 2.75) is 71.2 Å². The molecular formula is C16H25N3O3S. The smallest absolute Gasteiger partial charge is 0.318 e. The van der Waals surface area contributed by atoms with Gasteiger partial charge in [0.2, 0.25) is 0 Å². The first-order valence-electron chi connectivity index (χ1n) is 7.99. The molecule has 1 saturated carbocycles. The van der Waals surface area contributed by atoms with E-state index in [9.17, 15) is 14.7 Å². The highest BCUT2D eigenvalue weighted by molar-refractivity contribution is 7.09. The van der Waals surface area contributed by atoms with Crippen molar-refractivity contribution in [3.8, 4) is 0 Å². The van der Waals surface area contributed by atoms with E-state index in [1.165, 1.54) is 13.8 Å². The number of ketones is 1. The van der Waals surface area contributed by atoms with Gasteiger partial charge in [0.05, 0.1) is 23.4 Å². The molecular weight excluding hydrogens is 314 g/mol. The summed E-state index contributed by atoms with van der Waals surface area (Å²) in [7, 11) is 0. The summed E-state index contributed by atoms with van der Waals surface area (Å²) in [4.78, 5) is 30.4. The molecule has 0 spiro atoms. The predicted octanol–water partition coefficient (Wildman–Crippen LogP) is 2.28. The van der Waals surface area contributed by atoms with Gasteiger partial charge in [0.15, 0.2) is 5.78 Å². The zero-order valence-electron chi connectivity index (χ0n) is 14.1. The summed E-state index contributed by atoms with van der Waals surface area (Å²) in [6.07, 6.45) is 1.02. The number of carbonyl (C=O) groups excluding carboxylic acids is 2. The van der Waals surface area contributed by atoms with Crippen LogP contribution in [0.4, 0.5) is 4.79 Å². The highest BCUT2D eigenvalue weighted by Gasteiger charge is 2.35. The largest absolute Gasteiger partial charge is 0.391 e. The van der Waals surface area contributed by atoms with E-state index in [0.717, 1.165) is 23.5 Å². The maximum Gasteiger partial charge on any atom is 0.318 e. The van der Waals surface area contributed by atoms with Crippen LogP contribution in [0, 0.1) is 0 Å². The van der Waals surface area contributed by atoms with E-state index in [1.807, 2.05) is 5.38 Å². The van der Waals surface area contributed by atoms with E-state index in [-0.39, 0.29) is 17.9 Å². The second-order valence-corrected chi connectivity index (χ2v) is 7.36. The molecule has 1 aliphatic rings. The molecule has 6 nitrogen and oxygen atoms in total. The second-order valence-electron chi connectivity index (χ2n) is 6.47. The summed E-state index contributed by atoms with van der Waals surface area (Å²) in [6.45, 7) is 7.49. The van der Waals surface area contributed by atoms with Crippen molar-refractivity contribution in [1.82, 2.24) is 15.2 Å². The Balaban J connectivity index is 2.05. The maximum absolute atomic E-state index is 12.5. The molecule has 1 fully saturated rings. The van der Waals surface area contributed by atoms with E-state index >= 15 is 0 Å². The summed E-state index contributed by atoms with van der Waals surface area (Å²) in [5, 5.41) is 15.3. The highest BCUT2D eigenvalue weighted by Crippen LogP contribution is 2.29. The number of carbonyl (C=O) groups is 2. The summed E-state index contributed by atoms with van der Waals surface area (Å²) >= 11 is 1.60. The molecule has 23 heavy (non-hydrogen) atoms. The summed E-state index contributed by atoms with van der Waals surface area (Å²) < 4.78 is 0.